The first-order valence-corrected chi connectivity index (χ1v) is 7.91. The Hall–Kier alpha value is -0.380. The van der Waals surface area contributed by atoms with E-state index in [0.29, 0.717) is 12.0 Å². The molecule has 0 spiro atoms. The summed E-state index contributed by atoms with van der Waals surface area (Å²) in [6.07, 6.45) is 3.42. The molecular formula is C15H27NOS. The summed E-state index contributed by atoms with van der Waals surface area (Å²) in [5.41, 5.74) is 1.50. The van der Waals surface area contributed by atoms with Gasteiger partial charge in [-0.05, 0) is 48.7 Å². The number of hydrogen-bond acceptors (Lipinski definition) is 3. The van der Waals surface area contributed by atoms with Crippen LogP contribution in [0.4, 0.5) is 0 Å². The van der Waals surface area contributed by atoms with Crippen molar-refractivity contribution in [2.75, 3.05) is 20.3 Å². The molecule has 0 bridgehead atoms. The van der Waals surface area contributed by atoms with Gasteiger partial charge in [0.05, 0.1) is 0 Å². The van der Waals surface area contributed by atoms with Crippen LogP contribution in [0, 0.1) is 5.92 Å². The highest BCUT2D eigenvalue weighted by molar-refractivity contribution is 7.10. The Morgan fingerprint density at radius 3 is 2.78 bits per heavy atom. The maximum absolute atomic E-state index is 5.22. The van der Waals surface area contributed by atoms with E-state index in [-0.39, 0.29) is 0 Å². The predicted octanol–water partition coefficient (Wildman–Crippen LogP) is 4.02. The minimum absolute atomic E-state index is 0.482. The fourth-order valence-electron chi connectivity index (χ4n) is 2.23. The molecule has 0 saturated heterocycles. The zero-order valence-corrected chi connectivity index (χ0v) is 13.0. The Bertz CT molecular complexity index is 324. The average molecular weight is 269 g/mol. The first-order valence-electron chi connectivity index (χ1n) is 7.03. The van der Waals surface area contributed by atoms with Crippen molar-refractivity contribution in [3.05, 3.63) is 21.9 Å². The molecule has 0 aliphatic heterocycles. The summed E-state index contributed by atoms with van der Waals surface area (Å²) in [5, 5.41) is 5.93. The van der Waals surface area contributed by atoms with E-state index in [1.54, 1.807) is 7.11 Å². The predicted molar refractivity (Wildman–Crippen MR) is 80.4 cm³/mol. The van der Waals surface area contributed by atoms with E-state index in [0.717, 1.165) is 26.0 Å². The van der Waals surface area contributed by atoms with E-state index in [1.165, 1.54) is 16.9 Å². The molecule has 1 aromatic rings. The molecule has 3 heteroatoms. The van der Waals surface area contributed by atoms with Crippen LogP contribution in [0.3, 0.4) is 0 Å². The van der Waals surface area contributed by atoms with Gasteiger partial charge in [0.25, 0.3) is 0 Å². The third kappa shape index (κ3) is 4.38. The van der Waals surface area contributed by atoms with Crippen LogP contribution in [-0.4, -0.2) is 20.3 Å². The molecule has 2 unspecified atom stereocenters. The van der Waals surface area contributed by atoms with Gasteiger partial charge in [0.1, 0.15) is 0 Å². The molecule has 1 N–H and O–H groups in total. The van der Waals surface area contributed by atoms with Crippen LogP contribution in [0.25, 0.3) is 0 Å². The van der Waals surface area contributed by atoms with Gasteiger partial charge in [-0.1, -0.05) is 20.8 Å². The first kappa shape index (κ1) is 15.7. The van der Waals surface area contributed by atoms with Gasteiger partial charge in [0, 0.05) is 24.6 Å². The van der Waals surface area contributed by atoms with Gasteiger partial charge >= 0.3 is 0 Å². The van der Waals surface area contributed by atoms with Crippen molar-refractivity contribution in [3.63, 3.8) is 0 Å². The van der Waals surface area contributed by atoms with Crippen LogP contribution in [-0.2, 0) is 11.2 Å². The fraction of sp³-hybridized carbons (Fsp3) is 0.733. The van der Waals surface area contributed by atoms with E-state index >= 15 is 0 Å². The molecule has 104 valence electrons. The molecule has 1 aromatic heterocycles. The van der Waals surface area contributed by atoms with Gasteiger partial charge < -0.3 is 10.1 Å². The van der Waals surface area contributed by atoms with Gasteiger partial charge in [-0.3, -0.25) is 0 Å². The molecular weight excluding hydrogens is 242 g/mol. The van der Waals surface area contributed by atoms with Crippen molar-refractivity contribution in [3.8, 4) is 0 Å². The molecule has 0 aliphatic rings. The molecule has 0 radical (unpaired) electrons. The number of aryl methyl sites for hydroxylation is 1. The minimum atomic E-state index is 0.482. The number of nitrogens with one attached hydrogen (secondary N) is 1. The lowest BCUT2D eigenvalue weighted by Gasteiger charge is -2.25. The number of rotatable bonds is 9. The van der Waals surface area contributed by atoms with Crippen molar-refractivity contribution < 1.29 is 4.74 Å². The van der Waals surface area contributed by atoms with Crippen LogP contribution < -0.4 is 5.32 Å². The second kappa shape index (κ2) is 8.68. The third-order valence-electron chi connectivity index (χ3n) is 3.40. The average Bonchev–Trinajstić information content (AvgIpc) is 2.85. The Labute approximate surface area is 116 Å². The van der Waals surface area contributed by atoms with Crippen molar-refractivity contribution in [2.24, 2.45) is 5.92 Å². The number of hydrogen-bond donors (Lipinski definition) is 1. The van der Waals surface area contributed by atoms with Crippen LogP contribution in [0.5, 0.6) is 0 Å². The highest BCUT2D eigenvalue weighted by atomic mass is 32.1. The highest BCUT2D eigenvalue weighted by Gasteiger charge is 2.21. The van der Waals surface area contributed by atoms with Crippen LogP contribution in [0.2, 0.25) is 0 Å². The molecule has 2 nitrogen and oxygen atoms in total. The highest BCUT2D eigenvalue weighted by Crippen LogP contribution is 2.31. The standard InChI is InChI=1S/C15H27NOS/c1-5-9-16-14(12(3)7-10-17-4)15-13(6-2)8-11-18-15/h8,11-12,14,16H,5-7,9-10H2,1-4H3. The van der Waals surface area contributed by atoms with E-state index in [1.807, 2.05) is 11.3 Å². The summed E-state index contributed by atoms with van der Waals surface area (Å²) < 4.78 is 5.22. The SMILES string of the molecule is CCCNC(c1sccc1CC)C(C)CCOC. The smallest absolute Gasteiger partial charge is 0.0465 e. The lowest BCUT2D eigenvalue weighted by molar-refractivity contribution is 0.170. The minimum Gasteiger partial charge on any atom is -0.385 e. The lowest BCUT2D eigenvalue weighted by atomic mass is 9.94. The third-order valence-corrected chi connectivity index (χ3v) is 4.45. The monoisotopic (exact) mass is 269 g/mol. The molecule has 1 rings (SSSR count). The number of ether oxygens (including phenoxy) is 1. The van der Waals surface area contributed by atoms with E-state index in [4.69, 9.17) is 4.74 Å². The summed E-state index contributed by atoms with van der Waals surface area (Å²) in [6, 6.07) is 2.75. The zero-order chi connectivity index (χ0) is 13.4. The summed E-state index contributed by atoms with van der Waals surface area (Å²) in [7, 11) is 1.78. The van der Waals surface area contributed by atoms with Gasteiger partial charge in [-0.15, -0.1) is 11.3 Å². The van der Waals surface area contributed by atoms with Crippen molar-refractivity contribution in [1.29, 1.82) is 0 Å². The van der Waals surface area contributed by atoms with Crippen molar-refractivity contribution in [2.45, 2.75) is 46.1 Å². The zero-order valence-electron chi connectivity index (χ0n) is 12.2. The summed E-state index contributed by atoms with van der Waals surface area (Å²) in [4.78, 5) is 1.52. The molecule has 18 heavy (non-hydrogen) atoms. The molecule has 0 saturated carbocycles. The van der Waals surface area contributed by atoms with Crippen LogP contribution in [0.15, 0.2) is 11.4 Å². The van der Waals surface area contributed by atoms with E-state index in [2.05, 4.69) is 37.5 Å². The normalized spacial score (nSPS) is 14.7. The number of thiophene rings is 1. The molecule has 2 atom stereocenters. The topological polar surface area (TPSA) is 21.3 Å². The fourth-order valence-corrected chi connectivity index (χ4v) is 3.44. The summed E-state index contributed by atoms with van der Waals surface area (Å²) >= 11 is 1.89. The van der Waals surface area contributed by atoms with Gasteiger partial charge in [-0.2, -0.15) is 0 Å². The largest absolute Gasteiger partial charge is 0.385 e. The van der Waals surface area contributed by atoms with Gasteiger partial charge in [0.15, 0.2) is 0 Å². The maximum Gasteiger partial charge on any atom is 0.0465 e. The molecule has 0 fully saturated rings. The second-order valence-corrected chi connectivity index (χ2v) is 5.80. The maximum atomic E-state index is 5.22. The van der Waals surface area contributed by atoms with E-state index < -0.39 is 0 Å². The quantitative estimate of drug-likeness (QED) is 0.731. The van der Waals surface area contributed by atoms with Crippen LogP contribution in [0.1, 0.15) is 50.1 Å². The van der Waals surface area contributed by atoms with E-state index in [9.17, 15) is 0 Å². The molecule has 0 aromatic carbocycles. The Morgan fingerprint density at radius 2 is 2.17 bits per heavy atom. The summed E-state index contributed by atoms with van der Waals surface area (Å²) in [6.45, 7) is 8.72. The van der Waals surface area contributed by atoms with Crippen molar-refractivity contribution >= 4 is 11.3 Å². The van der Waals surface area contributed by atoms with Crippen LogP contribution >= 0.6 is 11.3 Å². The summed E-state index contributed by atoms with van der Waals surface area (Å²) in [5.74, 6) is 0.612. The molecule has 0 aliphatic carbocycles. The lowest BCUT2D eigenvalue weighted by Crippen LogP contribution is -2.28. The Balaban J connectivity index is 2.76. The van der Waals surface area contributed by atoms with Crippen molar-refractivity contribution in [1.82, 2.24) is 5.32 Å². The molecule has 0 amide bonds. The second-order valence-electron chi connectivity index (χ2n) is 4.85. The van der Waals surface area contributed by atoms with Gasteiger partial charge in [0.2, 0.25) is 0 Å². The number of methoxy groups -OCH3 is 1. The Kier molecular flexibility index (Phi) is 7.56. The first-order chi connectivity index (χ1) is 8.74. The molecule has 1 heterocycles. The Morgan fingerprint density at radius 1 is 1.39 bits per heavy atom. The van der Waals surface area contributed by atoms with Gasteiger partial charge in [-0.25, -0.2) is 0 Å².